The van der Waals surface area contributed by atoms with Crippen molar-refractivity contribution in [2.75, 3.05) is 38.2 Å². The molecule has 1 fully saturated rings. The predicted octanol–water partition coefficient (Wildman–Crippen LogP) is 1.98. The predicted molar refractivity (Wildman–Crippen MR) is 105 cm³/mol. The maximum absolute atomic E-state index is 12.9. The van der Waals surface area contributed by atoms with Crippen molar-refractivity contribution in [2.45, 2.75) is 25.7 Å². The molecule has 1 saturated heterocycles. The number of piperazine rings is 1. The number of methoxy groups -OCH3 is 1. The SMILES string of the molecule is COc1ccccc1[C@H]1CC(=O)c2c(C)nc(N3CCN(C=O)CC3)nc2C1. The number of fused-ring (bicyclic) bond motifs is 1. The number of nitrogens with zero attached hydrogens (tertiary/aromatic N) is 4. The molecule has 2 aliphatic rings. The molecule has 2 heterocycles. The zero-order chi connectivity index (χ0) is 19.7. The Hall–Kier alpha value is -2.96. The minimum Gasteiger partial charge on any atom is -0.496 e. The first-order chi connectivity index (χ1) is 13.6. The van der Waals surface area contributed by atoms with Crippen LogP contribution in [0.25, 0.3) is 0 Å². The van der Waals surface area contributed by atoms with Gasteiger partial charge in [0.2, 0.25) is 12.4 Å². The average Bonchev–Trinajstić information content (AvgIpc) is 2.73. The van der Waals surface area contributed by atoms with Crippen LogP contribution in [0.5, 0.6) is 5.75 Å². The number of amides is 1. The van der Waals surface area contributed by atoms with Crippen molar-refractivity contribution < 1.29 is 14.3 Å². The van der Waals surface area contributed by atoms with Crippen molar-refractivity contribution in [3.05, 3.63) is 46.8 Å². The van der Waals surface area contributed by atoms with Gasteiger partial charge < -0.3 is 14.5 Å². The Morgan fingerprint density at radius 2 is 1.86 bits per heavy atom. The zero-order valence-electron chi connectivity index (χ0n) is 16.2. The average molecular weight is 380 g/mol. The highest BCUT2D eigenvalue weighted by Crippen LogP contribution is 2.37. The second kappa shape index (κ2) is 7.58. The molecular formula is C21H24N4O3. The van der Waals surface area contributed by atoms with Crippen LogP contribution >= 0.6 is 0 Å². The van der Waals surface area contributed by atoms with Crippen molar-refractivity contribution in [1.82, 2.24) is 14.9 Å². The van der Waals surface area contributed by atoms with Crippen LogP contribution in [0.3, 0.4) is 0 Å². The Bertz CT molecular complexity index is 907. The molecule has 1 aromatic heterocycles. The van der Waals surface area contributed by atoms with E-state index < -0.39 is 0 Å². The van der Waals surface area contributed by atoms with Gasteiger partial charge in [-0.15, -0.1) is 0 Å². The summed E-state index contributed by atoms with van der Waals surface area (Å²) < 4.78 is 5.50. The van der Waals surface area contributed by atoms with E-state index in [0.717, 1.165) is 29.1 Å². The highest BCUT2D eigenvalue weighted by atomic mass is 16.5. The van der Waals surface area contributed by atoms with E-state index in [2.05, 4.69) is 9.88 Å². The normalized spacial score (nSPS) is 19.4. The fourth-order valence-electron chi connectivity index (χ4n) is 4.15. The van der Waals surface area contributed by atoms with E-state index in [4.69, 9.17) is 9.72 Å². The van der Waals surface area contributed by atoms with Crippen molar-refractivity contribution >= 4 is 18.1 Å². The maximum atomic E-state index is 12.9. The van der Waals surface area contributed by atoms with Crippen LogP contribution in [-0.4, -0.2) is 60.4 Å². The molecule has 0 radical (unpaired) electrons. The minimum atomic E-state index is 0.0465. The van der Waals surface area contributed by atoms with Gasteiger partial charge in [-0.3, -0.25) is 9.59 Å². The molecule has 1 amide bonds. The summed E-state index contributed by atoms with van der Waals surface area (Å²) in [6, 6.07) is 7.86. The summed E-state index contributed by atoms with van der Waals surface area (Å²) in [4.78, 5) is 37.0. The second-order valence-corrected chi connectivity index (χ2v) is 7.33. The topological polar surface area (TPSA) is 75.6 Å². The Balaban J connectivity index is 1.65. The molecule has 1 aliphatic carbocycles. The lowest BCUT2D eigenvalue weighted by molar-refractivity contribution is -0.118. The molecule has 28 heavy (non-hydrogen) atoms. The maximum Gasteiger partial charge on any atom is 0.225 e. The molecule has 2 aromatic rings. The van der Waals surface area contributed by atoms with E-state index in [-0.39, 0.29) is 11.7 Å². The first-order valence-electron chi connectivity index (χ1n) is 9.58. The van der Waals surface area contributed by atoms with Crippen molar-refractivity contribution in [2.24, 2.45) is 0 Å². The lowest BCUT2D eigenvalue weighted by Gasteiger charge is -2.33. The van der Waals surface area contributed by atoms with Gasteiger partial charge in [-0.2, -0.15) is 0 Å². The first-order valence-corrected chi connectivity index (χ1v) is 9.58. The van der Waals surface area contributed by atoms with E-state index in [1.165, 1.54) is 0 Å². The smallest absolute Gasteiger partial charge is 0.225 e. The van der Waals surface area contributed by atoms with E-state index in [1.807, 2.05) is 31.2 Å². The van der Waals surface area contributed by atoms with Crippen LogP contribution in [-0.2, 0) is 11.2 Å². The molecule has 146 valence electrons. The van der Waals surface area contributed by atoms with E-state index >= 15 is 0 Å². The molecule has 4 rings (SSSR count). The monoisotopic (exact) mass is 380 g/mol. The number of rotatable bonds is 4. The lowest BCUT2D eigenvalue weighted by atomic mass is 9.81. The lowest BCUT2D eigenvalue weighted by Crippen LogP contribution is -2.46. The molecule has 1 atom stereocenters. The summed E-state index contributed by atoms with van der Waals surface area (Å²) in [6.07, 6.45) is 2.01. The largest absolute Gasteiger partial charge is 0.496 e. The minimum absolute atomic E-state index is 0.0465. The molecule has 0 saturated carbocycles. The number of aryl methyl sites for hydroxylation is 1. The molecule has 0 N–H and O–H groups in total. The van der Waals surface area contributed by atoms with Crippen LogP contribution in [0.1, 0.15) is 39.6 Å². The standard InChI is InChI=1S/C21H24N4O3/c1-14-20-17(23-21(22-14)25-9-7-24(13-26)8-10-25)11-15(12-18(20)27)16-5-3-4-6-19(16)28-2/h3-6,13,15H,7-12H2,1-2H3/t15-/m1/s1. The highest BCUT2D eigenvalue weighted by molar-refractivity contribution is 5.99. The Morgan fingerprint density at radius 3 is 2.57 bits per heavy atom. The van der Waals surface area contributed by atoms with Gasteiger partial charge in [0.1, 0.15) is 5.75 Å². The van der Waals surface area contributed by atoms with E-state index in [9.17, 15) is 9.59 Å². The quantitative estimate of drug-likeness (QED) is 0.755. The number of hydrogen-bond donors (Lipinski definition) is 0. The van der Waals surface area contributed by atoms with Gasteiger partial charge in [-0.1, -0.05) is 18.2 Å². The number of carbonyl (C=O) groups excluding carboxylic acids is 2. The van der Waals surface area contributed by atoms with Crippen LogP contribution < -0.4 is 9.64 Å². The molecule has 0 spiro atoms. The number of aromatic nitrogens is 2. The molecule has 1 aromatic carbocycles. The van der Waals surface area contributed by atoms with Crippen LogP contribution in [0.2, 0.25) is 0 Å². The van der Waals surface area contributed by atoms with Gasteiger partial charge in [-0.25, -0.2) is 9.97 Å². The number of ether oxygens (including phenoxy) is 1. The Morgan fingerprint density at radius 1 is 1.11 bits per heavy atom. The number of hydrogen-bond acceptors (Lipinski definition) is 6. The van der Waals surface area contributed by atoms with Crippen molar-refractivity contribution in [3.8, 4) is 5.75 Å². The second-order valence-electron chi connectivity index (χ2n) is 7.33. The number of ketones is 1. The van der Waals surface area contributed by atoms with Gasteiger partial charge in [0.15, 0.2) is 5.78 Å². The third-order valence-corrected chi connectivity index (χ3v) is 5.63. The fraction of sp³-hybridized carbons (Fsp3) is 0.429. The summed E-state index contributed by atoms with van der Waals surface area (Å²) in [5, 5.41) is 0. The number of benzene rings is 1. The van der Waals surface area contributed by atoms with Gasteiger partial charge >= 0.3 is 0 Å². The molecule has 7 nitrogen and oxygen atoms in total. The molecule has 7 heteroatoms. The van der Waals surface area contributed by atoms with Crippen LogP contribution in [0.15, 0.2) is 24.3 Å². The Kier molecular flexibility index (Phi) is 4.98. The number of Topliss-reactive ketones (excluding diaryl/α,β-unsaturated/α-hetero) is 1. The third kappa shape index (κ3) is 3.32. The summed E-state index contributed by atoms with van der Waals surface area (Å²) >= 11 is 0. The van der Waals surface area contributed by atoms with E-state index in [0.29, 0.717) is 50.5 Å². The van der Waals surface area contributed by atoms with Crippen LogP contribution in [0, 0.1) is 6.92 Å². The summed E-state index contributed by atoms with van der Waals surface area (Å²) in [7, 11) is 1.65. The highest BCUT2D eigenvalue weighted by Gasteiger charge is 2.32. The molecular weight excluding hydrogens is 356 g/mol. The summed E-state index contributed by atoms with van der Waals surface area (Å²) in [6.45, 7) is 4.59. The zero-order valence-corrected chi connectivity index (χ0v) is 16.2. The van der Waals surface area contributed by atoms with Gasteiger partial charge in [0.05, 0.1) is 24.1 Å². The van der Waals surface area contributed by atoms with E-state index in [1.54, 1.807) is 12.0 Å². The summed E-state index contributed by atoms with van der Waals surface area (Å²) in [5.41, 5.74) is 3.26. The van der Waals surface area contributed by atoms with Gasteiger partial charge in [-0.05, 0) is 25.0 Å². The number of para-hydroxylation sites is 1. The van der Waals surface area contributed by atoms with Crippen molar-refractivity contribution in [1.29, 1.82) is 0 Å². The first kappa shape index (κ1) is 18.4. The summed E-state index contributed by atoms with van der Waals surface area (Å²) in [5.74, 6) is 1.59. The third-order valence-electron chi connectivity index (χ3n) is 5.63. The van der Waals surface area contributed by atoms with Gasteiger partial charge in [0.25, 0.3) is 0 Å². The van der Waals surface area contributed by atoms with Crippen LogP contribution in [0.4, 0.5) is 5.95 Å². The number of anilines is 1. The van der Waals surface area contributed by atoms with Crippen molar-refractivity contribution in [3.63, 3.8) is 0 Å². The number of carbonyl (C=O) groups is 2. The van der Waals surface area contributed by atoms with Gasteiger partial charge in [0, 0.05) is 38.5 Å². The molecule has 0 bridgehead atoms. The fourth-order valence-corrected chi connectivity index (χ4v) is 4.15. The molecule has 0 unspecified atom stereocenters. The molecule has 1 aliphatic heterocycles. The Labute approximate surface area is 164 Å².